The quantitative estimate of drug-likeness (QED) is 0.582. The summed E-state index contributed by atoms with van der Waals surface area (Å²) in [7, 11) is 1.57. The number of nitrogens with zero attached hydrogens (tertiary/aromatic N) is 1. The van der Waals surface area contributed by atoms with Crippen LogP contribution in [0.2, 0.25) is 5.02 Å². The van der Waals surface area contributed by atoms with Crippen LogP contribution >= 0.6 is 11.6 Å². The third-order valence-electron chi connectivity index (χ3n) is 5.15. The van der Waals surface area contributed by atoms with Crippen LogP contribution in [-0.2, 0) is 4.79 Å². The number of hydrazine groups is 1. The van der Waals surface area contributed by atoms with E-state index >= 15 is 0 Å². The zero-order valence-corrected chi connectivity index (χ0v) is 17.8. The van der Waals surface area contributed by atoms with Crippen LogP contribution < -0.4 is 15.5 Å². The molecule has 8 heteroatoms. The largest absolute Gasteiger partial charge is 0.497 e. The number of hydrazone groups is 1. The van der Waals surface area contributed by atoms with Crippen LogP contribution in [0, 0.1) is 5.82 Å². The molecule has 2 N–H and O–H groups in total. The lowest BCUT2D eigenvalue weighted by Gasteiger charge is -2.15. The molecule has 0 aliphatic carbocycles. The van der Waals surface area contributed by atoms with Crippen molar-refractivity contribution in [2.24, 2.45) is 0 Å². The molecule has 32 heavy (non-hydrogen) atoms. The molecule has 2 atom stereocenters. The van der Waals surface area contributed by atoms with Gasteiger partial charge in [-0.05, 0) is 72.8 Å². The molecule has 4 rings (SSSR count). The van der Waals surface area contributed by atoms with Gasteiger partial charge in [0.05, 0.1) is 7.11 Å². The summed E-state index contributed by atoms with van der Waals surface area (Å²) >= 11 is 5.97. The van der Waals surface area contributed by atoms with Crippen molar-refractivity contribution in [3.05, 3.63) is 100 Å². The summed E-state index contributed by atoms with van der Waals surface area (Å²) in [4.78, 5) is 25.6. The van der Waals surface area contributed by atoms with Gasteiger partial charge in [0.1, 0.15) is 11.6 Å². The third kappa shape index (κ3) is 4.63. The highest BCUT2D eigenvalue weighted by Gasteiger charge is 2.47. The van der Waals surface area contributed by atoms with Gasteiger partial charge in [-0.1, -0.05) is 11.6 Å². The topological polar surface area (TPSA) is 70.4 Å². The monoisotopic (exact) mass is 452 g/mol. The second kappa shape index (κ2) is 9.20. The molecule has 1 aliphatic heterocycles. The van der Waals surface area contributed by atoms with Gasteiger partial charge in [-0.15, -0.1) is 10.1 Å². The maximum absolute atomic E-state index is 13.2. The summed E-state index contributed by atoms with van der Waals surface area (Å²) in [5.41, 5.74) is 4.68. The van der Waals surface area contributed by atoms with Crippen molar-refractivity contribution in [2.75, 3.05) is 7.11 Å². The molecular weight excluding hydrogens is 433 g/mol. The standard InChI is InChI=1S/C24H19ClFN3O3/c1-32-20-12-6-16(7-13-20)22-21(27-23(30)17-4-10-19(26)11-5-17)24(31)28-29(22)14-15-2-8-18(25)9-3-15/h2-14,21-22H,1H3,(H-,27,28,30,31)/p+1/b29-14-/t21-,22+/m1/s1. The minimum Gasteiger partial charge on any atom is -0.497 e. The SMILES string of the molecule is COc1ccc([C@H]2[C@@H](NC(=O)c3ccc(F)cc3)C(=O)N/[N+]2=C\c2ccc(Cl)cc2)cc1. The normalized spacial score (nSPS) is 19.0. The van der Waals surface area contributed by atoms with Crippen molar-refractivity contribution in [1.82, 2.24) is 10.7 Å². The van der Waals surface area contributed by atoms with Crippen LogP contribution in [0.25, 0.3) is 0 Å². The van der Waals surface area contributed by atoms with E-state index in [0.29, 0.717) is 10.8 Å². The van der Waals surface area contributed by atoms with Crippen LogP contribution in [-0.4, -0.2) is 35.9 Å². The second-order valence-electron chi connectivity index (χ2n) is 7.24. The zero-order chi connectivity index (χ0) is 22.7. The van der Waals surface area contributed by atoms with Crippen molar-refractivity contribution >= 4 is 29.6 Å². The number of rotatable bonds is 5. The molecule has 0 spiro atoms. The Kier molecular flexibility index (Phi) is 6.18. The van der Waals surface area contributed by atoms with Gasteiger partial charge in [-0.25, -0.2) is 4.39 Å². The Hall–Kier alpha value is -3.71. The van der Waals surface area contributed by atoms with E-state index in [2.05, 4.69) is 10.7 Å². The van der Waals surface area contributed by atoms with Gasteiger partial charge in [0.25, 0.3) is 5.91 Å². The highest BCUT2D eigenvalue weighted by atomic mass is 35.5. The number of carbonyl (C=O) groups is 2. The Bertz CT molecular complexity index is 1160. The number of carbonyl (C=O) groups excluding carboxylic acids is 2. The molecule has 0 saturated carbocycles. The lowest BCUT2D eigenvalue weighted by Crippen LogP contribution is -2.42. The Morgan fingerprint density at radius 2 is 1.72 bits per heavy atom. The fourth-order valence-corrected chi connectivity index (χ4v) is 3.64. The highest BCUT2D eigenvalue weighted by molar-refractivity contribution is 6.30. The number of methoxy groups -OCH3 is 1. The van der Waals surface area contributed by atoms with E-state index in [9.17, 15) is 14.0 Å². The van der Waals surface area contributed by atoms with Crippen molar-refractivity contribution in [3.63, 3.8) is 0 Å². The Balaban J connectivity index is 1.69. The lowest BCUT2D eigenvalue weighted by atomic mass is 9.99. The molecule has 0 bridgehead atoms. The molecule has 0 aromatic heterocycles. The van der Waals surface area contributed by atoms with E-state index in [1.54, 1.807) is 42.3 Å². The predicted octanol–water partition coefficient (Wildman–Crippen LogP) is 3.50. The van der Waals surface area contributed by atoms with Gasteiger partial charge in [-0.2, -0.15) is 0 Å². The first kappa shape index (κ1) is 21.5. The molecule has 0 unspecified atom stereocenters. The third-order valence-corrected chi connectivity index (χ3v) is 5.40. The fraction of sp³-hybridized carbons (Fsp3) is 0.125. The van der Waals surface area contributed by atoms with Crippen molar-refractivity contribution in [3.8, 4) is 5.75 Å². The second-order valence-corrected chi connectivity index (χ2v) is 7.68. The molecular formula is C24H20ClFN3O3+. The number of hydrogen-bond donors (Lipinski definition) is 2. The van der Waals surface area contributed by atoms with Gasteiger partial charge < -0.3 is 10.1 Å². The number of ether oxygens (including phenoxy) is 1. The van der Waals surface area contributed by atoms with Gasteiger partial charge in [0.15, 0.2) is 6.04 Å². The average Bonchev–Trinajstić information content (AvgIpc) is 3.10. The Morgan fingerprint density at radius 3 is 2.34 bits per heavy atom. The van der Waals surface area contributed by atoms with Crippen LogP contribution in [0.15, 0.2) is 72.8 Å². The molecule has 162 valence electrons. The van der Waals surface area contributed by atoms with Crippen molar-refractivity contribution in [1.29, 1.82) is 0 Å². The minimum absolute atomic E-state index is 0.257. The first-order valence-corrected chi connectivity index (χ1v) is 10.2. The van der Waals surface area contributed by atoms with E-state index < -0.39 is 23.8 Å². The van der Waals surface area contributed by atoms with E-state index in [4.69, 9.17) is 16.3 Å². The molecule has 1 fully saturated rings. The van der Waals surface area contributed by atoms with Gasteiger partial charge in [0.2, 0.25) is 12.3 Å². The molecule has 1 saturated heterocycles. The molecule has 0 radical (unpaired) electrons. The van der Waals surface area contributed by atoms with Gasteiger partial charge in [-0.3, -0.25) is 9.59 Å². The number of benzene rings is 3. The van der Waals surface area contributed by atoms with Gasteiger partial charge in [0, 0.05) is 21.7 Å². The molecule has 1 aliphatic rings. The first-order valence-electron chi connectivity index (χ1n) is 9.84. The maximum Gasteiger partial charge on any atom is 0.304 e. The molecule has 3 aromatic rings. The zero-order valence-electron chi connectivity index (χ0n) is 17.1. The summed E-state index contributed by atoms with van der Waals surface area (Å²) in [6, 6.07) is 18.1. The lowest BCUT2D eigenvalue weighted by molar-refractivity contribution is -0.596. The van der Waals surface area contributed by atoms with E-state index in [1.807, 2.05) is 24.3 Å². The summed E-state index contributed by atoms with van der Waals surface area (Å²) in [6.07, 6.45) is 1.77. The number of halogens is 2. The summed E-state index contributed by atoms with van der Waals surface area (Å²) in [6.45, 7) is 0. The molecule has 2 amide bonds. The summed E-state index contributed by atoms with van der Waals surface area (Å²) in [5.74, 6) is -0.616. The first-order chi connectivity index (χ1) is 15.4. The van der Waals surface area contributed by atoms with Crippen molar-refractivity contribution in [2.45, 2.75) is 12.1 Å². The molecule has 6 nitrogen and oxygen atoms in total. The van der Waals surface area contributed by atoms with Gasteiger partial charge >= 0.3 is 5.91 Å². The fourth-order valence-electron chi connectivity index (χ4n) is 3.52. The number of nitrogens with one attached hydrogen (secondary N) is 2. The maximum atomic E-state index is 13.2. The van der Waals surface area contributed by atoms with E-state index in [0.717, 1.165) is 11.1 Å². The Morgan fingerprint density at radius 1 is 1.06 bits per heavy atom. The molecule has 1 heterocycles. The van der Waals surface area contributed by atoms with Crippen LogP contribution in [0.1, 0.15) is 27.5 Å². The van der Waals surface area contributed by atoms with Crippen LogP contribution in [0.3, 0.4) is 0 Å². The molecule has 3 aromatic carbocycles. The smallest absolute Gasteiger partial charge is 0.304 e. The van der Waals surface area contributed by atoms with E-state index in [1.165, 1.54) is 24.3 Å². The predicted molar refractivity (Wildman–Crippen MR) is 118 cm³/mol. The summed E-state index contributed by atoms with van der Waals surface area (Å²) < 4.78 is 20.1. The van der Waals surface area contributed by atoms with Crippen molar-refractivity contribution < 1.29 is 23.4 Å². The average molecular weight is 453 g/mol. The minimum atomic E-state index is -0.885. The number of amides is 2. The number of hydrogen-bond acceptors (Lipinski definition) is 3. The summed E-state index contributed by atoms with van der Waals surface area (Å²) in [5, 5.41) is 3.38. The highest BCUT2D eigenvalue weighted by Crippen LogP contribution is 2.27. The van der Waals surface area contributed by atoms with Crippen LogP contribution in [0.4, 0.5) is 4.39 Å². The Labute approximate surface area is 189 Å². The van der Waals surface area contributed by atoms with Crippen LogP contribution in [0.5, 0.6) is 5.75 Å². The van der Waals surface area contributed by atoms with E-state index in [-0.39, 0.29) is 11.5 Å².